The van der Waals surface area contributed by atoms with Crippen LogP contribution in [0.1, 0.15) is 0 Å². The molecule has 5 N–H and O–H groups in total. The predicted octanol–water partition coefficient (Wildman–Crippen LogP) is -3.22. The molecule has 0 saturated carbocycles. The molecule has 3 unspecified atom stereocenters. The lowest BCUT2D eigenvalue weighted by Crippen LogP contribution is -2.58. The van der Waals surface area contributed by atoms with Gasteiger partial charge in [0.1, 0.15) is 24.4 Å². The molecule has 5 atom stereocenters. The topological polar surface area (TPSA) is 110 Å². The van der Waals surface area contributed by atoms with Crippen molar-refractivity contribution in [1.29, 1.82) is 0 Å². The molecule has 1 aliphatic rings. The van der Waals surface area contributed by atoms with E-state index in [2.05, 4.69) is 4.74 Å². The zero-order chi connectivity index (χ0) is 9.30. The fraction of sp³-hybridized carbons (Fsp3) is 1.00. The average molecular weight is 180 g/mol. The first kappa shape index (κ1) is 9.85. The van der Waals surface area contributed by atoms with Crippen LogP contribution in [0.25, 0.3) is 0 Å². The van der Waals surface area contributed by atoms with E-state index in [9.17, 15) is 0 Å². The zero-order valence-corrected chi connectivity index (χ0v) is 6.24. The highest BCUT2D eigenvalue weighted by molar-refractivity contribution is 4.87. The molecule has 0 spiro atoms. The van der Waals surface area contributed by atoms with Gasteiger partial charge in [-0.1, -0.05) is 0 Å². The predicted molar refractivity (Wildman–Crippen MR) is 36.0 cm³/mol. The summed E-state index contributed by atoms with van der Waals surface area (Å²) in [4.78, 5) is 0. The van der Waals surface area contributed by atoms with E-state index in [0.717, 1.165) is 0 Å². The van der Waals surface area contributed by atoms with E-state index in [1.807, 2.05) is 0 Å². The molecule has 1 saturated heterocycles. The van der Waals surface area contributed by atoms with Crippen molar-refractivity contribution in [2.24, 2.45) is 0 Å². The van der Waals surface area contributed by atoms with Gasteiger partial charge in [-0.15, -0.1) is 0 Å². The molecule has 1 aliphatic heterocycles. The highest BCUT2D eigenvalue weighted by Gasteiger charge is 2.42. The molecule has 1 rings (SSSR count). The summed E-state index contributed by atoms with van der Waals surface area (Å²) >= 11 is 0. The van der Waals surface area contributed by atoms with Crippen LogP contribution in [0, 0.1) is 0 Å². The van der Waals surface area contributed by atoms with Gasteiger partial charge < -0.3 is 30.3 Å². The minimum absolute atomic E-state index is 0.526. The van der Waals surface area contributed by atoms with Crippen LogP contribution in [-0.2, 0) is 4.74 Å². The fourth-order valence-electron chi connectivity index (χ4n) is 1.08. The summed E-state index contributed by atoms with van der Waals surface area (Å²) in [6, 6.07) is 0. The second kappa shape index (κ2) is 3.65. The van der Waals surface area contributed by atoms with E-state index in [1.165, 1.54) is 0 Å². The molecule has 0 aromatic rings. The van der Waals surface area contributed by atoms with Crippen LogP contribution in [0.15, 0.2) is 0 Å². The summed E-state index contributed by atoms with van der Waals surface area (Å²) in [7, 11) is 0. The Hall–Kier alpha value is -0.240. The molecule has 12 heavy (non-hydrogen) atoms. The molecule has 1 heterocycles. The lowest BCUT2D eigenvalue weighted by Gasteiger charge is -2.37. The molecule has 72 valence electrons. The number of aliphatic hydroxyl groups excluding tert-OH is 5. The molecule has 0 bridgehead atoms. The Morgan fingerprint density at radius 1 is 0.917 bits per heavy atom. The molecule has 0 aliphatic carbocycles. The normalized spacial score (nSPS) is 49.2. The molecular formula is C6H12O6. The van der Waals surface area contributed by atoms with Crippen molar-refractivity contribution in [2.45, 2.75) is 30.7 Å². The third-order valence-electron chi connectivity index (χ3n) is 1.87. The van der Waals surface area contributed by atoms with Gasteiger partial charge in [-0.3, -0.25) is 0 Å². The monoisotopic (exact) mass is 180 g/mol. The standard InChI is InChI=1S/C6H12O6/c7-1-2-3(8)4(9)5(10)6(11)12-2/h2-11H,1H2/t2-,3+,4?,5?,6?/m1/s1. The summed E-state index contributed by atoms with van der Waals surface area (Å²) in [5.41, 5.74) is 0. The molecule has 6 nitrogen and oxygen atoms in total. The van der Waals surface area contributed by atoms with Crippen LogP contribution in [0.5, 0.6) is 0 Å². The second-order valence-corrected chi connectivity index (χ2v) is 2.72. The molecular weight excluding hydrogens is 168 g/mol. The average Bonchev–Trinajstić information content (AvgIpc) is 2.08. The Morgan fingerprint density at radius 3 is 2.00 bits per heavy atom. The van der Waals surface area contributed by atoms with Crippen LogP contribution in [0.2, 0.25) is 0 Å². The van der Waals surface area contributed by atoms with Crippen molar-refractivity contribution >= 4 is 0 Å². The quantitative estimate of drug-likeness (QED) is 0.290. The van der Waals surface area contributed by atoms with E-state index in [1.54, 1.807) is 0 Å². The lowest BCUT2D eigenvalue weighted by atomic mass is 10.00. The first-order valence-electron chi connectivity index (χ1n) is 3.56. The molecule has 0 radical (unpaired) electrons. The Morgan fingerprint density at radius 2 is 1.50 bits per heavy atom. The molecule has 6 heteroatoms. The molecule has 0 aromatic carbocycles. The fourth-order valence-corrected chi connectivity index (χ4v) is 1.08. The van der Waals surface area contributed by atoms with Crippen LogP contribution in [0.3, 0.4) is 0 Å². The number of hydrogen-bond acceptors (Lipinski definition) is 6. The number of hydrogen-bond donors (Lipinski definition) is 5. The summed E-state index contributed by atoms with van der Waals surface area (Å²) in [5, 5.41) is 44.7. The molecule has 0 amide bonds. The third kappa shape index (κ3) is 1.58. The van der Waals surface area contributed by atoms with E-state index in [-0.39, 0.29) is 0 Å². The van der Waals surface area contributed by atoms with E-state index < -0.39 is 37.3 Å². The van der Waals surface area contributed by atoms with Crippen LogP contribution >= 0.6 is 0 Å². The number of ether oxygens (including phenoxy) is 1. The summed E-state index contributed by atoms with van der Waals surface area (Å²) in [6.07, 6.45) is -7.04. The van der Waals surface area contributed by atoms with Gasteiger partial charge in [-0.05, 0) is 0 Å². The van der Waals surface area contributed by atoms with E-state index in [4.69, 9.17) is 25.5 Å². The van der Waals surface area contributed by atoms with Gasteiger partial charge in [0, 0.05) is 0 Å². The van der Waals surface area contributed by atoms with Crippen LogP contribution in [0.4, 0.5) is 0 Å². The van der Waals surface area contributed by atoms with Crippen molar-refractivity contribution < 1.29 is 30.3 Å². The first-order valence-corrected chi connectivity index (χ1v) is 3.56. The van der Waals surface area contributed by atoms with Gasteiger partial charge in [0.25, 0.3) is 0 Å². The van der Waals surface area contributed by atoms with Gasteiger partial charge in [0.15, 0.2) is 6.29 Å². The number of rotatable bonds is 1. The van der Waals surface area contributed by atoms with Crippen molar-refractivity contribution in [2.75, 3.05) is 6.61 Å². The summed E-state index contributed by atoms with van der Waals surface area (Å²) in [5.74, 6) is 0. The van der Waals surface area contributed by atoms with Gasteiger partial charge in [-0.2, -0.15) is 0 Å². The van der Waals surface area contributed by atoms with Gasteiger partial charge in [0.2, 0.25) is 0 Å². The Labute approximate surface area is 68.6 Å². The molecule has 0 aromatic heterocycles. The van der Waals surface area contributed by atoms with Gasteiger partial charge in [-0.25, -0.2) is 0 Å². The first-order chi connectivity index (χ1) is 5.57. The van der Waals surface area contributed by atoms with Gasteiger partial charge >= 0.3 is 0 Å². The van der Waals surface area contributed by atoms with Crippen LogP contribution in [-0.4, -0.2) is 62.8 Å². The van der Waals surface area contributed by atoms with Crippen molar-refractivity contribution in [3.63, 3.8) is 0 Å². The second-order valence-electron chi connectivity index (χ2n) is 2.72. The highest BCUT2D eigenvalue weighted by Crippen LogP contribution is 2.18. The van der Waals surface area contributed by atoms with Crippen molar-refractivity contribution in [3.8, 4) is 0 Å². The maximum Gasteiger partial charge on any atom is 0.184 e. The highest BCUT2D eigenvalue weighted by atomic mass is 16.6. The Kier molecular flexibility index (Phi) is 2.99. The summed E-state index contributed by atoms with van der Waals surface area (Å²) in [6.45, 7) is -0.526. The largest absolute Gasteiger partial charge is 0.394 e. The van der Waals surface area contributed by atoms with E-state index in [0.29, 0.717) is 0 Å². The minimum atomic E-state index is -1.57. The maximum atomic E-state index is 9.12. The van der Waals surface area contributed by atoms with Crippen molar-refractivity contribution in [3.05, 3.63) is 0 Å². The lowest BCUT2D eigenvalue weighted by molar-refractivity contribution is -0.286. The van der Waals surface area contributed by atoms with E-state index >= 15 is 0 Å². The molecule has 1 fully saturated rings. The Bertz CT molecular complexity index is 146. The zero-order valence-electron chi connectivity index (χ0n) is 6.24. The Balaban J connectivity index is 2.63. The third-order valence-corrected chi connectivity index (χ3v) is 1.87. The van der Waals surface area contributed by atoms with Crippen molar-refractivity contribution in [1.82, 2.24) is 0 Å². The number of aliphatic hydroxyl groups is 5. The minimum Gasteiger partial charge on any atom is -0.394 e. The van der Waals surface area contributed by atoms with Gasteiger partial charge in [0.05, 0.1) is 6.61 Å². The van der Waals surface area contributed by atoms with Crippen LogP contribution < -0.4 is 0 Å². The SMILES string of the molecule is OC[C@H]1OC(O)C(O)C(O)[C@H]1O. The summed E-state index contributed by atoms with van der Waals surface area (Å²) < 4.78 is 4.58. The smallest absolute Gasteiger partial charge is 0.184 e. The maximum absolute atomic E-state index is 9.12.